The molecule has 1 saturated heterocycles. The highest BCUT2D eigenvalue weighted by Crippen LogP contribution is 2.20. The van der Waals surface area contributed by atoms with Crippen LogP contribution in [0.4, 0.5) is 4.79 Å². The van der Waals surface area contributed by atoms with E-state index in [-0.39, 0.29) is 23.6 Å². The standard InChI is InChI=1S/C19H37N3O3/c1-14(16(23)20-18(2,3)4)22-11-9-10-15(13-22)12-21(8)17(24)25-19(5,6)7/h14-15H,9-13H2,1-8H3,(H,20,23). The van der Waals surface area contributed by atoms with Gasteiger partial charge in [-0.3, -0.25) is 9.69 Å². The molecule has 1 aliphatic rings. The van der Waals surface area contributed by atoms with E-state index in [0.29, 0.717) is 12.5 Å². The molecule has 2 atom stereocenters. The first kappa shape index (κ1) is 21.7. The zero-order valence-corrected chi connectivity index (χ0v) is 17.3. The van der Waals surface area contributed by atoms with Crippen LogP contribution in [0.1, 0.15) is 61.3 Å². The summed E-state index contributed by atoms with van der Waals surface area (Å²) in [6, 6.07) is -0.158. The van der Waals surface area contributed by atoms with Crippen LogP contribution >= 0.6 is 0 Å². The number of nitrogens with zero attached hydrogens (tertiary/aromatic N) is 2. The number of rotatable bonds is 4. The van der Waals surface area contributed by atoms with Crippen molar-refractivity contribution < 1.29 is 14.3 Å². The fraction of sp³-hybridized carbons (Fsp3) is 0.895. The summed E-state index contributed by atoms with van der Waals surface area (Å²) in [6.45, 7) is 16.0. The number of hydrogen-bond donors (Lipinski definition) is 1. The Labute approximate surface area is 153 Å². The minimum atomic E-state index is -0.483. The Morgan fingerprint density at radius 1 is 1.24 bits per heavy atom. The third kappa shape index (κ3) is 8.08. The Morgan fingerprint density at radius 3 is 2.36 bits per heavy atom. The van der Waals surface area contributed by atoms with Gasteiger partial charge in [-0.25, -0.2) is 4.79 Å². The minimum Gasteiger partial charge on any atom is -0.444 e. The maximum atomic E-state index is 12.4. The third-order valence-electron chi connectivity index (χ3n) is 4.21. The first-order valence-corrected chi connectivity index (χ1v) is 9.28. The van der Waals surface area contributed by atoms with Gasteiger partial charge >= 0.3 is 6.09 Å². The Kier molecular flexibility index (Phi) is 7.29. The number of hydrogen-bond acceptors (Lipinski definition) is 4. The highest BCUT2D eigenvalue weighted by molar-refractivity contribution is 5.82. The van der Waals surface area contributed by atoms with Gasteiger partial charge in [0.2, 0.25) is 5.91 Å². The van der Waals surface area contributed by atoms with E-state index in [1.54, 1.807) is 11.9 Å². The molecule has 0 aromatic rings. The molecule has 0 aromatic heterocycles. The lowest BCUT2D eigenvalue weighted by molar-refractivity contribution is -0.128. The van der Waals surface area contributed by atoms with Crippen LogP contribution in [0.2, 0.25) is 0 Å². The second-order valence-corrected chi connectivity index (χ2v) is 9.28. The molecule has 1 aliphatic heterocycles. The monoisotopic (exact) mass is 355 g/mol. The van der Waals surface area contributed by atoms with E-state index < -0.39 is 5.60 Å². The first-order valence-electron chi connectivity index (χ1n) is 9.28. The van der Waals surface area contributed by atoms with Crippen LogP contribution in [-0.4, -0.2) is 65.7 Å². The largest absolute Gasteiger partial charge is 0.444 e. The molecule has 0 radical (unpaired) electrons. The maximum Gasteiger partial charge on any atom is 0.410 e. The summed E-state index contributed by atoms with van der Waals surface area (Å²) in [5.74, 6) is 0.421. The number of piperidine rings is 1. The van der Waals surface area contributed by atoms with Gasteiger partial charge in [-0.15, -0.1) is 0 Å². The molecule has 0 saturated carbocycles. The second-order valence-electron chi connectivity index (χ2n) is 9.28. The lowest BCUT2D eigenvalue weighted by Gasteiger charge is -2.38. The molecule has 0 aliphatic carbocycles. The Morgan fingerprint density at radius 2 is 1.84 bits per heavy atom. The van der Waals surface area contributed by atoms with Crippen molar-refractivity contribution in [3.8, 4) is 0 Å². The van der Waals surface area contributed by atoms with Gasteiger partial charge in [0.15, 0.2) is 0 Å². The van der Waals surface area contributed by atoms with Crippen molar-refractivity contribution in [1.29, 1.82) is 0 Å². The van der Waals surface area contributed by atoms with Crippen molar-refractivity contribution in [1.82, 2.24) is 15.1 Å². The van der Waals surface area contributed by atoms with Crippen molar-refractivity contribution in [2.24, 2.45) is 5.92 Å². The second kappa shape index (κ2) is 8.39. The first-order chi connectivity index (χ1) is 11.3. The summed E-state index contributed by atoms with van der Waals surface area (Å²) in [7, 11) is 1.78. The number of likely N-dealkylation sites (tertiary alicyclic amines) is 1. The summed E-state index contributed by atoms with van der Waals surface area (Å²) in [5, 5.41) is 3.05. The average Bonchev–Trinajstić information content (AvgIpc) is 2.43. The molecule has 25 heavy (non-hydrogen) atoms. The summed E-state index contributed by atoms with van der Waals surface area (Å²) in [5.41, 5.74) is -0.707. The topological polar surface area (TPSA) is 61.9 Å². The molecular formula is C19H37N3O3. The highest BCUT2D eigenvalue weighted by Gasteiger charge is 2.30. The van der Waals surface area contributed by atoms with Gasteiger partial charge in [0.1, 0.15) is 5.60 Å². The normalized spacial score (nSPS) is 20.7. The van der Waals surface area contributed by atoms with Crippen LogP contribution in [0, 0.1) is 5.92 Å². The van der Waals surface area contributed by atoms with E-state index in [2.05, 4.69) is 10.2 Å². The van der Waals surface area contributed by atoms with E-state index in [1.807, 2.05) is 48.5 Å². The molecule has 6 heteroatoms. The summed E-state index contributed by atoms with van der Waals surface area (Å²) in [6.07, 6.45) is 1.82. The molecule has 2 unspecified atom stereocenters. The van der Waals surface area contributed by atoms with Gasteiger partial charge in [0.05, 0.1) is 6.04 Å². The number of amides is 2. The predicted octanol–water partition coefficient (Wildman–Crippen LogP) is 2.87. The van der Waals surface area contributed by atoms with Crippen molar-refractivity contribution >= 4 is 12.0 Å². The van der Waals surface area contributed by atoms with Crippen LogP contribution in [0.25, 0.3) is 0 Å². The molecule has 146 valence electrons. The van der Waals surface area contributed by atoms with E-state index in [9.17, 15) is 9.59 Å². The van der Waals surface area contributed by atoms with E-state index in [1.165, 1.54) is 0 Å². The summed E-state index contributed by atoms with van der Waals surface area (Å²) in [4.78, 5) is 28.4. The fourth-order valence-corrected chi connectivity index (χ4v) is 3.04. The number of carbonyl (C=O) groups is 2. The van der Waals surface area contributed by atoms with Crippen molar-refractivity contribution in [2.75, 3.05) is 26.7 Å². The summed E-state index contributed by atoms with van der Waals surface area (Å²) < 4.78 is 5.42. The van der Waals surface area contributed by atoms with Gasteiger partial charge < -0.3 is 15.0 Å². The quantitative estimate of drug-likeness (QED) is 0.842. The highest BCUT2D eigenvalue weighted by atomic mass is 16.6. The van der Waals surface area contributed by atoms with Gasteiger partial charge in [-0.1, -0.05) is 0 Å². The van der Waals surface area contributed by atoms with Crippen molar-refractivity contribution in [3.63, 3.8) is 0 Å². The average molecular weight is 356 g/mol. The predicted molar refractivity (Wildman–Crippen MR) is 101 cm³/mol. The molecule has 2 amide bonds. The molecule has 0 spiro atoms. The SMILES string of the molecule is CC(C(=O)NC(C)(C)C)N1CCCC(CN(C)C(=O)OC(C)(C)C)C1. The lowest BCUT2D eigenvalue weighted by atomic mass is 9.96. The third-order valence-corrected chi connectivity index (χ3v) is 4.21. The molecule has 1 rings (SSSR count). The molecule has 0 bridgehead atoms. The van der Waals surface area contributed by atoms with Crippen LogP contribution in [0.15, 0.2) is 0 Å². The smallest absolute Gasteiger partial charge is 0.410 e. The van der Waals surface area contributed by atoms with Gasteiger partial charge in [-0.05, 0) is 73.8 Å². The molecular weight excluding hydrogens is 318 g/mol. The molecule has 6 nitrogen and oxygen atoms in total. The van der Waals surface area contributed by atoms with E-state index >= 15 is 0 Å². The zero-order valence-electron chi connectivity index (χ0n) is 17.3. The van der Waals surface area contributed by atoms with Crippen LogP contribution < -0.4 is 5.32 Å². The van der Waals surface area contributed by atoms with Gasteiger partial charge in [0, 0.05) is 25.7 Å². The van der Waals surface area contributed by atoms with Gasteiger partial charge in [-0.2, -0.15) is 0 Å². The Balaban J connectivity index is 2.56. The number of nitrogens with one attached hydrogen (secondary N) is 1. The zero-order chi connectivity index (χ0) is 19.4. The Bertz CT molecular complexity index is 466. The molecule has 0 aromatic carbocycles. The Hall–Kier alpha value is -1.30. The van der Waals surface area contributed by atoms with Gasteiger partial charge in [0.25, 0.3) is 0 Å². The van der Waals surface area contributed by atoms with Crippen LogP contribution in [0.5, 0.6) is 0 Å². The molecule has 1 fully saturated rings. The molecule has 1 heterocycles. The van der Waals surface area contributed by atoms with Crippen LogP contribution in [-0.2, 0) is 9.53 Å². The lowest BCUT2D eigenvalue weighted by Crippen LogP contribution is -2.54. The summed E-state index contributed by atoms with van der Waals surface area (Å²) >= 11 is 0. The molecule has 1 N–H and O–H groups in total. The maximum absolute atomic E-state index is 12.4. The van der Waals surface area contributed by atoms with E-state index in [4.69, 9.17) is 4.74 Å². The number of carbonyl (C=O) groups excluding carboxylic acids is 2. The number of ether oxygens (including phenoxy) is 1. The van der Waals surface area contributed by atoms with Crippen molar-refractivity contribution in [2.45, 2.75) is 78.5 Å². The van der Waals surface area contributed by atoms with Crippen LogP contribution in [0.3, 0.4) is 0 Å². The minimum absolute atomic E-state index is 0.0636. The van der Waals surface area contributed by atoms with Crippen molar-refractivity contribution in [3.05, 3.63) is 0 Å². The van der Waals surface area contributed by atoms with E-state index in [0.717, 1.165) is 25.9 Å². The fourth-order valence-electron chi connectivity index (χ4n) is 3.04.